The Morgan fingerprint density at radius 1 is 1.06 bits per heavy atom. The topological polar surface area (TPSA) is 3.24 Å². The highest BCUT2D eigenvalue weighted by Crippen LogP contribution is 2.24. The molecule has 0 spiro atoms. The summed E-state index contributed by atoms with van der Waals surface area (Å²) in [5.41, 5.74) is 0. The van der Waals surface area contributed by atoms with Gasteiger partial charge in [-0.15, -0.1) is 0 Å². The van der Waals surface area contributed by atoms with Gasteiger partial charge in [-0.3, -0.25) is 0 Å². The number of rotatable bonds is 9. The van der Waals surface area contributed by atoms with Crippen molar-refractivity contribution in [2.75, 3.05) is 18.4 Å². The Morgan fingerprint density at radius 3 is 2.35 bits per heavy atom. The lowest BCUT2D eigenvalue weighted by atomic mass is 10.1. The average molecular weight is 304 g/mol. The van der Waals surface area contributed by atoms with Gasteiger partial charge in [0.05, 0.1) is 0 Å². The Labute approximate surface area is 116 Å². The van der Waals surface area contributed by atoms with Crippen LogP contribution in [0.2, 0.25) is 0 Å². The second kappa shape index (κ2) is 9.38. The van der Waals surface area contributed by atoms with Gasteiger partial charge in [-0.25, -0.2) is 0 Å². The fraction of sp³-hybridized carbons (Fsp3) is 1.00. The first kappa shape index (κ1) is 15.5. The molecule has 102 valence electrons. The highest BCUT2D eigenvalue weighted by atomic mass is 79.9. The zero-order valence-electron chi connectivity index (χ0n) is 11.8. The minimum absolute atomic E-state index is 0.849. The molecule has 0 aromatic carbocycles. The molecule has 0 N–H and O–H groups in total. The number of nitrogens with zero attached hydrogens (tertiary/aromatic N) is 1. The van der Waals surface area contributed by atoms with Gasteiger partial charge >= 0.3 is 0 Å². The molecule has 1 rings (SSSR count). The van der Waals surface area contributed by atoms with E-state index < -0.39 is 0 Å². The quantitative estimate of drug-likeness (QED) is 0.435. The molecule has 0 radical (unpaired) electrons. The fourth-order valence-electron chi connectivity index (χ4n) is 2.76. The number of hydrogen-bond acceptors (Lipinski definition) is 1. The van der Waals surface area contributed by atoms with Crippen LogP contribution >= 0.6 is 15.9 Å². The minimum Gasteiger partial charge on any atom is -0.300 e. The van der Waals surface area contributed by atoms with Crippen molar-refractivity contribution < 1.29 is 0 Å². The molecule has 0 atom stereocenters. The van der Waals surface area contributed by atoms with Crippen LogP contribution < -0.4 is 0 Å². The van der Waals surface area contributed by atoms with Crippen LogP contribution in [0.15, 0.2) is 0 Å². The molecule has 2 heteroatoms. The summed E-state index contributed by atoms with van der Waals surface area (Å²) >= 11 is 3.52. The van der Waals surface area contributed by atoms with E-state index in [-0.39, 0.29) is 0 Å². The second-order valence-corrected chi connectivity index (χ2v) is 6.70. The SMILES string of the molecule is CC(C)CCN(CCCCCBr)C1CCCC1. The first-order valence-corrected chi connectivity index (χ1v) is 8.66. The van der Waals surface area contributed by atoms with Crippen molar-refractivity contribution in [2.24, 2.45) is 5.92 Å². The van der Waals surface area contributed by atoms with Crippen molar-refractivity contribution in [3.8, 4) is 0 Å². The van der Waals surface area contributed by atoms with Gasteiger partial charge in [-0.05, 0) is 51.1 Å². The molecule has 0 heterocycles. The third-order valence-corrected chi connectivity index (χ3v) is 4.47. The Kier molecular flexibility index (Phi) is 8.55. The van der Waals surface area contributed by atoms with Crippen LogP contribution in [-0.2, 0) is 0 Å². The number of alkyl halides is 1. The standard InChI is InChI=1S/C15H30BrN/c1-14(2)10-13-17(12-7-3-6-11-16)15-8-4-5-9-15/h14-15H,3-13H2,1-2H3. The highest BCUT2D eigenvalue weighted by Gasteiger charge is 2.21. The summed E-state index contributed by atoms with van der Waals surface area (Å²) in [4.78, 5) is 2.79. The van der Waals surface area contributed by atoms with Crippen LogP contribution in [0, 0.1) is 5.92 Å². The molecule has 1 aliphatic rings. The van der Waals surface area contributed by atoms with E-state index in [9.17, 15) is 0 Å². The summed E-state index contributed by atoms with van der Waals surface area (Å²) in [6.45, 7) is 7.36. The minimum atomic E-state index is 0.849. The van der Waals surface area contributed by atoms with E-state index in [1.807, 2.05) is 0 Å². The molecule has 0 bridgehead atoms. The Balaban J connectivity index is 2.24. The van der Waals surface area contributed by atoms with Crippen LogP contribution in [0.3, 0.4) is 0 Å². The van der Waals surface area contributed by atoms with E-state index in [1.54, 1.807) is 0 Å². The zero-order valence-corrected chi connectivity index (χ0v) is 13.3. The molecule has 0 unspecified atom stereocenters. The van der Waals surface area contributed by atoms with E-state index in [0.717, 1.165) is 12.0 Å². The predicted molar refractivity (Wildman–Crippen MR) is 80.9 cm³/mol. The third-order valence-electron chi connectivity index (χ3n) is 3.91. The summed E-state index contributed by atoms with van der Waals surface area (Å²) < 4.78 is 0. The monoisotopic (exact) mass is 303 g/mol. The molecular formula is C15H30BrN. The van der Waals surface area contributed by atoms with Crippen LogP contribution in [-0.4, -0.2) is 29.4 Å². The normalized spacial score (nSPS) is 17.5. The van der Waals surface area contributed by atoms with E-state index in [0.29, 0.717) is 0 Å². The van der Waals surface area contributed by atoms with Gasteiger partial charge < -0.3 is 4.90 Å². The van der Waals surface area contributed by atoms with Crippen LogP contribution in [0.4, 0.5) is 0 Å². The van der Waals surface area contributed by atoms with E-state index >= 15 is 0 Å². The molecule has 1 saturated carbocycles. The lowest BCUT2D eigenvalue weighted by molar-refractivity contribution is 0.184. The summed E-state index contributed by atoms with van der Waals surface area (Å²) in [5.74, 6) is 0.849. The largest absolute Gasteiger partial charge is 0.300 e. The smallest absolute Gasteiger partial charge is 0.00952 e. The fourth-order valence-corrected chi connectivity index (χ4v) is 3.15. The summed E-state index contributed by atoms with van der Waals surface area (Å²) in [5, 5.41) is 1.17. The van der Waals surface area contributed by atoms with E-state index in [2.05, 4.69) is 34.7 Å². The van der Waals surface area contributed by atoms with Crippen molar-refractivity contribution in [1.29, 1.82) is 0 Å². The molecule has 0 saturated heterocycles. The van der Waals surface area contributed by atoms with Gasteiger partial charge in [0.25, 0.3) is 0 Å². The second-order valence-electron chi connectivity index (χ2n) is 5.91. The first-order valence-electron chi connectivity index (χ1n) is 7.54. The molecule has 0 aromatic rings. The molecule has 0 aromatic heterocycles. The number of halogens is 1. The predicted octanol–water partition coefficient (Wildman–Crippen LogP) is 4.84. The zero-order chi connectivity index (χ0) is 12.5. The van der Waals surface area contributed by atoms with Crippen molar-refractivity contribution >= 4 is 15.9 Å². The van der Waals surface area contributed by atoms with Gasteiger partial charge in [0.15, 0.2) is 0 Å². The average Bonchev–Trinajstić information content (AvgIpc) is 2.81. The third kappa shape index (κ3) is 6.81. The van der Waals surface area contributed by atoms with Gasteiger partial charge in [0, 0.05) is 11.4 Å². The molecule has 0 amide bonds. The Morgan fingerprint density at radius 2 is 1.76 bits per heavy atom. The Bertz CT molecular complexity index is 176. The van der Waals surface area contributed by atoms with Gasteiger partial charge in [-0.1, -0.05) is 49.0 Å². The molecule has 1 nitrogen and oxygen atoms in total. The Hall–Kier alpha value is 0.440. The maximum absolute atomic E-state index is 3.52. The number of unbranched alkanes of at least 4 members (excludes halogenated alkanes) is 2. The summed E-state index contributed by atoms with van der Waals surface area (Å²) in [6.07, 6.45) is 11.3. The van der Waals surface area contributed by atoms with Crippen molar-refractivity contribution in [3.05, 3.63) is 0 Å². The molecule has 1 aliphatic carbocycles. The van der Waals surface area contributed by atoms with Gasteiger partial charge in [0.1, 0.15) is 0 Å². The molecule has 17 heavy (non-hydrogen) atoms. The number of hydrogen-bond donors (Lipinski definition) is 0. The van der Waals surface area contributed by atoms with E-state index in [4.69, 9.17) is 0 Å². The van der Waals surface area contributed by atoms with Crippen molar-refractivity contribution in [2.45, 2.75) is 71.3 Å². The highest BCUT2D eigenvalue weighted by molar-refractivity contribution is 9.09. The summed E-state index contributed by atoms with van der Waals surface area (Å²) in [6, 6.07) is 0.915. The maximum Gasteiger partial charge on any atom is 0.00952 e. The van der Waals surface area contributed by atoms with Crippen molar-refractivity contribution in [3.63, 3.8) is 0 Å². The van der Waals surface area contributed by atoms with Crippen molar-refractivity contribution in [1.82, 2.24) is 4.90 Å². The van der Waals surface area contributed by atoms with Crippen LogP contribution in [0.5, 0.6) is 0 Å². The molecule has 0 aliphatic heterocycles. The summed E-state index contributed by atoms with van der Waals surface area (Å²) in [7, 11) is 0. The molecular weight excluding hydrogens is 274 g/mol. The van der Waals surface area contributed by atoms with Crippen LogP contribution in [0.25, 0.3) is 0 Å². The van der Waals surface area contributed by atoms with Gasteiger partial charge in [-0.2, -0.15) is 0 Å². The first-order chi connectivity index (χ1) is 8.24. The van der Waals surface area contributed by atoms with Crippen LogP contribution in [0.1, 0.15) is 65.2 Å². The maximum atomic E-state index is 3.52. The van der Waals surface area contributed by atoms with E-state index in [1.165, 1.54) is 69.8 Å². The lowest BCUT2D eigenvalue weighted by Gasteiger charge is -2.29. The molecule has 1 fully saturated rings. The lowest BCUT2D eigenvalue weighted by Crippen LogP contribution is -2.35. The van der Waals surface area contributed by atoms with Gasteiger partial charge in [0.2, 0.25) is 0 Å².